The summed E-state index contributed by atoms with van der Waals surface area (Å²) in [6, 6.07) is 13.0. The first kappa shape index (κ1) is 16.0. The van der Waals surface area contributed by atoms with E-state index >= 15 is 0 Å². The van der Waals surface area contributed by atoms with Crippen LogP contribution < -0.4 is 4.90 Å². The zero-order chi connectivity index (χ0) is 16.3. The van der Waals surface area contributed by atoms with Crippen LogP contribution in [0.5, 0.6) is 0 Å². The first-order valence-corrected chi connectivity index (χ1v) is 8.14. The second-order valence-corrected chi connectivity index (χ2v) is 6.95. The molecule has 0 fully saturated rings. The molecule has 2 aromatic rings. The lowest BCUT2D eigenvalue weighted by Crippen LogP contribution is -2.26. The summed E-state index contributed by atoms with van der Waals surface area (Å²) >= 11 is 0. The molecule has 116 valence electrons. The van der Waals surface area contributed by atoms with E-state index in [-0.39, 0.29) is 16.3 Å². The number of nitrogens with zero attached hydrogens (tertiary/aromatic N) is 1. The Morgan fingerprint density at radius 3 is 2.27 bits per heavy atom. The van der Waals surface area contributed by atoms with Crippen LogP contribution in [0, 0.1) is 6.92 Å². The zero-order valence-electron chi connectivity index (χ0n) is 12.4. The van der Waals surface area contributed by atoms with Gasteiger partial charge >= 0.3 is 5.97 Å². The summed E-state index contributed by atoms with van der Waals surface area (Å²) in [4.78, 5) is 12.6. The number of likely N-dealkylation sites (N-methyl/N-ethyl adjacent to an activating group) is 1. The molecule has 0 heterocycles. The number of aryl methyl sites for hydroxylation is 1. The molecule has 22 heavy (non-hydrogen) atoms. The molecule has 0 atom stereocenters. The van der Waals surface area contributed by atoms with E-state index in [1.165, 1.54) is 11.0 Å². The second-order valence-electron chi connectivity index (χ2n) is 5.03. The molecule has 6 heteroatoms. The van der Waals surface area contributed by atoms with Gasteiger partial charge in [0.15, 0.2) is 0 Å². The normalized spacial score (nSPS) is 11.2. The number of carboxylic acids is 1. The first-order chi connectivity index (χ1) is 10.3. The smallest absolute Gasteiger partial charge is 0.323 e. The molecule has 2 rings (SSSR count). The van der Waals surface area contributed by atoms with E-state index in [0.717, 1.165) is 5.56 Å². The molecule has 5 nitrogen and oxygen atoms in total. The maximum atomic E-state index is 12.8. The van der Waals surface area contributed by atoms with Crippen molar-refractivity contribution in [2.45, 2.75) is 16.7 Å². The Morgan fingerprint density at radius 1 is 1.09 bits per heavy atom. The van der Waals surface area contributed by atoms with Gasteiger partial charge in [-0.1, -0.05) is 29.8 Å². The molecule has 0 amide bonds. The summed E-state index contributed by atoms with van der Waals surface area (Å²) in [6.07, 6.45) is 0. The van der Waals surface area contributed by atoms with E-state index in [2.05, 4.69) is 0 Å². The summed E-state index contributed by atoms with van der Waals surface area (Å²) in [5, 5.41) is 8.90. The number of carboxylic acid groups (broad SMARTS) is 1. The third kappa shape index (κ3) is 3.28. The van der Waals surface area contributed by atoms with Gasteiger partial charge in [-0.15, -0.1) is 0 Å². The molecule has 0 aromatic heterocycles. The Morgan fingerprint density at radius 2 is 1.68 bits per heavy atom. The van der Waals surface area contributed by atoms with E-state index in [0.29, 0.717) is 5.69 Å². The number of aliphatic carboxylic acids is 1. The molecule has 0 saturated carbocycles. The Balaban J connectivity index is 2.52. The van der Waals surface area contributed by atoms with Gasteiger partial charge in [-0.05, 0) is 31.2 Å². The average Bonchev–Trinajstić information content (AvgIpc) is 2.47. The molecule has 0 saturated heterocycles. The van der Waals surface area contributed by atoms with Gasteiger partial charge < -0.3 is 10.0 Å². The second kappa shape index (κ2) is 6.19. The van der Waals surface area contributed by atoms with Crippen molar-refractivity contribution in [3.8, 4) is 0 Å². The lowest BCUT2D eigenvalue weighted by molar-refractivity contribution is -0.135. The van der Waals surface area contributed by atoms with Crippen LogP contribution >= 0.6 is 0 Å². The van der Waals surface area contributed by atoms with Crippen molar-refractivity contribution in [1.82, 2.24) is 0 Å². The van der Waals surface area contributed by atoms with Gasteiger partial charge in [0.1, 0.15) is 6.54 Å². The van der Waals surface area contributed by atoms with Crippen LogP contribution in [-0.2, 0) is 14.6 Å². The minimum atomic E-state index is -3.70. The predicted octanol–water partition coefficient (Wildman–Crippen LogP) is 2.35. The SMILES string of the molecule is Cc1ccc(S(=O)(=O)c2ccccc2N(C)CC(=O)O)cc1. The number of carbonyl (C=O) groups is 1. The summed E-state index contributed by atoms with van der Waals surface area (Å²) in [7, 11) is -2.15. The van der Waals surface area contributed by atoms with Crippen molar-refractivity contribution in [1.29, 1.82) is 0 Å². The molecular weight excluding hydrogens is 302 g/mol. The predicted molar refractivity (Wildman–Crippen MR) is 84.0 cm³/mol. The number of hydrogen-bond donors (Lipinski definition) is 1. The number of benzene rings is 2. The fraction of sp³-hybridized carbons (Fsp3) is 0.188. The molecular formula is C16H17NO4S. The van der Waals surface area contributed by atoms with Gasteiger partial charge in [0.2, 0.25) is 9.84 Å². The van der Waals surface area contributed by atoms with Gasteiger partial charge in [-0.25, -0.2) is 8.42 Å². The van der Waals surface area contributed by atoms with Crippen LogP contribution in [0.25, 0.3) is 0 Å². The lowest BCUT2D eigenvalue weighted by Gasteiger charge is -2.20. The highest BCUT2D eigenvalue weighted by molar-refractivity contribution is 7.91. The largest absolute Gasteiger partial charge is 0.480 e. The summed E-state index contributed by atoms with van der Waals surface area (Å²) in [5.74, 6) is -1.02. The number of hydrogen-bond acceptors (Lipinski definition) is 4. The Bertz CT molecular complexity index is 782. The number of para-hydroxylation sites is 1. The molecule has 0 unspecified atom stereocenters. The van der Waals surface area contributed by atoms with Crippen LogP contribution in [0.4, 0.5) is 5.69 Å². The van der Waals surface area contributed by atoms with Gasteiger partial charge in [0, 0.05) is 7.05 Å². The summed E-state index contributed by atoms with van der Waals surface area (Å²) < 4.78 is 25.6. The molecule has 0 spiro atoms. The standard InChI is InChI=1S/C16H17NO4S/c1-12-7-9-13(10-8-12)22(20,21)15-6-4-3-5-14(15)17(2)11-16(18)19/h3-10H,11H2,1-2H3,(H,18,19). The van der Waals surface area contributed by atoms with Gasteiger partial charge in [-0.3, -0.25) is 4.79 Å². The van der Waals surface area contributed by atoms with Crippen molar-refractivity contribution in [2.75, 3.05) is 18.5 Å². The van der Waals surface area contributed by atoms with Crippen LogP contribution in [0.3, 0.4) is 0 Å². The highest BCUT2D eigenvalue weighted by atomic mass is 32.2. The Hall–Kier alpha value is -2.34. The topological polar surface area (TPSA) is 74.7 Å². The summed E-state index contributed by atoms with van der Waals surface area (Å²) in [5.41, 5.74) is 1.33. The van der Waals surface area contributed by atoms with Crippen LogP contribution in [0.15, 0.2) is 58.3 Å². The Labute approximate surface area is 129 Å². The van der Waals surface area contributed by atoms with Crippen LogP contribution in [0.1, 0.15) is 5.56 Å². The van der Waals surface area contributed by atoms with Crippen molar-refractivity contribution in [3.05, 3.63) is 54.1 Å². The van der Waals surface area contributed by atoms with E-state index in [1.54, 1.807) is 49.5 Å². The Kier molecular flexibility index (Phi) is 4.51. The van der Waals surface area contributed by atoms with Crippen LogP contribution in [-0.4, -0.2) is 33.1 Å². The van der Waals surface area contributed by atoms with Gasteiger partial charge in [0.25, 0.3) is 0 Å². The molecule has 0 bridgehead atoms. The maximum absolute atomic E-state index is 12.8. The van der Waals surface area contributed by atoms with Crippen molar-refractivity contribution in [2.24, 2.45) is 0 Å². The van der Waals surface area contributed by atoms with E-state index < -0.39 is 15.8 Å². The monoisotopic (exact) mass is 319 g/mol. The molecule has 0 aliphatic carbocycles. The van der Waals surface area contributed by atoms with Crippen molar-refractivity contribution in [3.63, 3.8) is 0 Å². The fourth-order valence-corrected chi connectivity index (χ4v) is 3.64. The van der Waals surface area contributed by atoms with Gasteiger partial charge in [0.05, 0.1) is 15.5 Å². The molecule has 0 aliphatic rings. The lowest BCUT2D eigenvalue weighted by atomic mass is 10.2. The third-order valence-electron chi connectivity index (χ3n) is 3.27. The minimum absolute atomic E-state index is 0.0996. The number of anilines is 1. The number of sulfone groups is 1. The fourth-order valence-electron chi connectivity index (χ4n) is 2.13. The average molecular weight is 319 g/mol. The van der Waals surface area contributed by atoms with E-state index in [1.807, 2.05) is 6.92 Å². The van der Waals surface area contributed by atoms with Gasteiger partial charge in [-0.2, -0.15) is 0 Å². The highest BCUT2D eigenvalue weighted by Crippen LogP contribution is 2.29. The summed E-state index contributed by atoms with van der Waals surface area (Å²) in [6.45, 7) is 1.60. The third-order valence-corrected chi connectivity index (χ3v) is 5.09. The van der Waals surface area contributed by atoms with Crippen LogP contribution in [0.2, 0.25) is 0 Å². The minimum Gasteiger partial charge on any atom is -0.480 e. The molecule has 2 aromatic carbocycles. The molecule has 1 N–H and O–H groups in total. The van der Waals surface area contributed by atoms with E-state index in [9.17, 15) is 13.2 Å². The number of rotatable bonds is 5. The maximum Gasteiger partial charge on any atom is 0.323 e. The molecule has 0 aliphatic heterocycles. The highest BCUT2D eigenvalue weighted by Gasteiger charge is 2.23. The zero-order valence-corrected chi connectivity index (χ0v) is 13.2. The van der Waals surface area contributed by atoms with Crippen molar-refractivity contribution >= 4 is 21.5 Å². The van der Waals surface area contributed by atoms with E-state index in [4.69, 9.17) is 5.11 Å². The van der Waals surface area contributed by atoms with Crippen molar-refractivity contribution < 1.29 is 18.3 Å². The quantitative estimate of drug-likeness (QED) is 0.915. The first-order valence-electron chi connectivity index (χ1n) is 6.66. The molecule has 0 radical (unpaired) electrons.